The van der Waals surface area contributed by atoms with E-state index < -0.39 is 35.1 Å². The number of halogens is 5. The first-order valence-corrected chi connectivity index (χ1v) is 6.39. The van der Waals surface area contributed by atoms with Crippen molar-refractivity contribution < 1.29 is 31.5 Å². The summed E-state index contributed by atoms with van der Waals surface area (Å²) in [5, 5.41) is 4.13. The Labute approximate surface area is 132 Å². The number of carbonyl (C=O) groups is 2. The van der Waals surface area contributed by atoms with Crippen LogP contribution < -0.4 is 10.6 Å². The van der Waals surface area contributed by atoms with E-state index in [-0.39, 0.29) is 17.3 Å². The maximum absolute atomic E-state index is 13.6. The van der Waals surface area contributed by atoms with Crippen LogP contribution in [0.2, 0.25) is 0 Å². The molecule has 2 N–H and O–H groups in total. The summed E-state index contributed by atoms with van der Waals surface area (Å²) in [6.07, 6.45) is -4.35. The van der Waals surface area contributed by atoms with Crippen LogP contribution in [0.15, 0.2) is 36.4 Å². The van der Waals surface area contributed by atoms with Crippen molar-refractivity contribution in [1.82, 2.24) is 0 Å². The zero-order valence-corrected chi connectivity index (χ0v) is 11.7. The molecule has 0 bridgehead atoms. The molecule has 2 amide bonds. The van der Waals surface area contributed by atoms with Crippen LogP contribution in [0.4, 0.5) is 38.1 Å². The third-order valence-electron chi connectivity index (χ3n) is 2.86. The molecule has 0 unspecified atom stereocenters. The van der Waals surface area contributed by atoms with Gasteiger partial charge < -0.3 is 10.6 Å². The van der Waals surface area contributed by atoms with Crippen molar-refractivity contribution in [2.45, 2.75) is 6.18 Å². The molecule has 2 rings (SSSR count). The Bertz CT molecular complexity index is 790. The molecule has 0 fully saturated rings. The molecule has 0 heterocycles. The molecule has 0 atom stereocenters. The highest BCUT2D eigenvalue weighted by atomic mass is 19.4. The molecule has 0 aliphatic heterocycles. The summed E-state index contributed by atoms with van der Waals surface area (Å²) >= 11 is 0. The second-order valence-corrected chi connectivity index (χ2v) is 4.66. The fourth-order valence-corrected chi connectivity index (χ4v) is 1.83. The highest BCUT2D eigenvalue weighted by Gasteiger charge is 2.31. The van der Waals surface area contributed by atoms with Gasteiger partial charge in [-0.05, 0) is 36.4 Å². The molecule has 0 aliphatic rings. The van der Waals surface area contributed by atoms with E-state index >= 15 is 0 Å². The number of hydrogen-bond acceptors (Lipinski definition) is 2. The molecule has 0 aliphatic carbocycles. The fraction of sp³-hybridized carbons (Fsp3) is 0.0667. The molecule has 2 aromatic rings. The molecular formula is C15H9F5N2O2. The lowest BCUT2D eigenvalue weighted by Gasteiger charge is -2.11. The van der Waals surface area contributed by atoms with Crippen LogP contribution in [0.5, 0.6) is 0 Å². The molecule has 126 valence electrons. The van der Waals surface area contributed by atoms with Gasteiger partial charge in [0.25, 0.3) is 0 Å². The maximum Gasteiger partial charge on any atom is 0.416 e. The van der Waals surface area contributed by atoms with Crippen molar-refractivity contribution in [3.63, 3.8) is 0 Å². The quantitative estimate of drug-likeness (QED) is 0.639. The van der Waals surface area contributed by atoms with Gasteiger partial charge in [0.2, 0.25) is 0 Å². The number of amides is 2. The SMILES string of the molecule is O=Cc1cc(F)cc(NC(=O)Nc2ccc(C(F)(F)F)cc2F)c1. The maximum atomic E-state index is 13.6. The standard InChI is InChI=1S/C15H9F5N2O2/c16-10-3-8(7-23)4-11(6-10)21-14(24)22-13-2-1-9(5-12(13)17)15(18,19)20/h1-7H,(H2,21,22,24). The average molecular weight is 344 g/mol. The summed E-state index contributed by atoms with van der Waals surface area (Å²) in [4.78, 5) is 22.3. The Morgan fingerprint density at radius 2 is 1.71 bits per heavy atom. The molecule has 0 radical (unpaired) electrons. The molecule has 0 saturated carbocycles. The number of urea groups is 1. The van der Waals surface area contributed by atoms with E-state index in [1.54, 1.807) is 0 Å². The number of aldehydes is 1. The fourth-order valence-electron chi connectivity index (χ4n) is 1.83. The number of carbonyl (C=O) groups excluding carboxylic acids is 2. The molecule has 0 saturated heterocycles. The van der Waals surface area contributed by atoms with Gasteiger partial charge in [-0.1, -0.05) is 0 Å². The Kier molecular flexibility index (Phi) is 4.82. The zero-order chi connectivity index (χ0) is 17.9. The van der Waals surface area contributed by atoms with Gasteiger partial charge in [0, 0.05) is 11.3 Å². The van der Waals surface area contributed by atoms with Gasteiger partial charge in [0.15, 0.2) is 0 Å². The van der Waals surface area contributed by atoms with Gasteiger partial charge >= 0.3 is 12.2 Å². The van der Waals surface area contributed by atoms with E-state index in [1.807, 2.05) is 5.32 Å². The van der Waals surface area contributed by atoms with E-state index in [9.17, 15) is 31.5 Å². The summed E-state index contributed by atoms with van der Waals surface area (Å²) in [5.74, 6) is -2.07. The van der Waals surface area contributed by atoms with Crippen molar-refractivity contribution in [3.05, 3.63) is 59.2 Å². The lowest BCUT2D eigenvalue weighted by molar-refractivity contribution is -0.137. The van der Waals surface area contributed by atoms with Gasteiger partial charge in [0.05, 0.1) is 11.3 Å². The summed E-state index contributed by atoms with van der Waals surface area (Å²) in [5.41, 5.74) is -1.81. The van der Waals surface area contributed by atoms with E-state index in [1.165, 1.54) is 6.07 Å². The van der Waals surface area contributed by atoms with Crippen LogP contribution in [0, 0.1) is 11.6 Å². The van der Waals surface area contributed by atoms with Crippen molar-refractivity contribution in [1.29, 1.82) is 0 Å². The van der Waals surface area contributed by atoms with Crippen molar-refractivity contribution >= 4 is 23.7 Å². The normalized spacial score (nSPS) is 11.0. The van der Waals surface area contributed by atoms with Crippen LogP contribution in [-0.4, -0.2) is 12.3 Å². The van der Waals surface area contributed by atoms with Crippen LogP contribution in [0.1, 0.15) is 15.9 Å². The molecule has 24 heavy (non-hydrogen) atoms. The average Bonchev–Trinajstić information content (AvgIpc) is 2.47. The lowest BCUT2D eigenvalue weighted by Crippen LogP contribution is -2.20. The van der Waals surface area contributed by atoms with Gasteiger partial charge in [0.1, 0.15) is 17.9 Å². The van der Waals surface area contributed by atoms with Crippen molar-refractivity contribution in [2.75, 3.05) is 10.6 Å². The number of nitrogens with one attached hydrogen (secondary N) is 2. The number of anilines is 2. The number of rotatable bonds is 3. The second kappa shape index (κ2) is 6.65. The van der Waals surface area contributed by atoms with Gasteiger partial charge in [-0.15, -0.1) is 0 Å². The summed E-state index contributed by atoms with van der Waals surface area (Å²) < 4.78 is 64.1. The minimum Gasteiger partial charge on any atom is -0.308 e. The first-order valence-electron chi connectivity index (χ1n) is 6.39. The summed E-state index contributed by atoms with van der Waals surface area (Å²) in [6, 6.07) is 3.59. The Hall–Kier alpha value is -2.97. The highest BCUT2D eigenvalue weighted by molar-refractivity contribution is 6.00. The summed E-state index contributed by atoms with van der Waals surface area (Å²) in [6.45, 7) is 0. The third-order valence-corrected chi connectivity index (χ3v) is 2.86. The predicted octanol–water partition coefficient (Wildman–Crippen LogP) is 4.44. The lowest BCUT2D eigenvalue weighted by atomic mass is 10.2. The molecule has 4 nitrogen and oxygen atoms in total. The third kappa shape index (κ3) is 4.28. The summed E-state index contributed by atoms with van der Waals surface area (Å²) in [7, 11) is 0. The molecule has 2 aromatic carbocycles. The Morgan fingerprint density at radius 1 is 1.00 bits per heavy atom. The van der Waals surface area contributed by atoms with Gasteiger partial charge in [-0.3, -0.25) is 4.79 Å². The first kappa shape index (κ1) is 17.4. The van der Waals surface area contributed by atoms with Crippen LogP contribution in [0.3, 0.4) is 0 Å². The van der Waals surface area contributed by atoms with Crippen molar-refractivity contribution in [2.24, 2.45) is 0 Å². The van der Waals surface area contributed by atoms with E-state index in [4.69, 9.17) is 0 Å². The highest BCUT2D eigenvalue weighted by Crippen LogP contribution is 2.31. The number of alkyl halides is 3. The monoisotopic (exact) mass is 344 g/mol. The topological polar surface area (TPSA) is 58.2 Å². The Morgan fingerprint density at radius 3 is 2.29 bits per heavy atom. The smallest absolute Gasteiger partial charge is 0.308 e. The van der Waals surface area contributed by atoms with Gasteiger partial charge in [-0.25, -0.2) is 13.6 Å². The second-order valence-electron chi connectivity index (χ2n) is 4.66. The van der Waals surface area contributed by atoms with E-state index in [0.29, 0.717) is 12.4 Å². The predicted molar refractivity (Wildman–Crippen MR) is 75.8 cm³/mol. The van der Waals surface area contributed by atoms with Crippen LogP contribution >= 0.6 is 0 Å². The van der Waals surface area contributed by atoms with E-state index in [0.717, 1.165) is 18.2 Å². The zero-order valence-electron chi connectivity index (χ0n) is 11.7. The van der Waals surface area contributed by atoms with Crippen LogP contribution in [-0.2, 0) is 6.18 Å². The van der Waals surface area contributed by atoms with Crippen molar-refractivity contribution in [3.8, 4) is 0 Å². The van der Waals surface area contributed by atoms with Crippen LogP contribution in [0.25, 0.3) is 0 Å². The Balaban J connectivity index is 2.13. The number of benzene rings is 2. The first-order chi connectivity index (χ1) is 11.2. The van der Waals surface area contributed by atoms with E-state index in [2.05, 4.69) is 5.32 Å². The molecule has 0 aromatic heterocycles. The molecule has 0 spiro atoms. The molecular weight excluding hydrogens is 335 g/mol. The largest absolute Gasteiger partial charge is 0.416 e. The molecule has 9 heteroatoms. The minimum atomic E-state index is -4.71. The number of hydrogen-bond donors (Lipinski definition) is 2. The van der Waals surface area contributed by atoms with Gasteiger partial charge in [-0.2, -0.15) is 13.2 Å². The minimum absolute atomic E-state index is 0.0361.